The van der Waals surface area contributed by atoms with Crippen LogP contribution in [0.25, 0.3) is 0 Å². The molecule has 2 rings (SSSR count). The zero-order valence-electron chi connectivity index (χ0n) is 12.7. The maximum absolute atomic E-state index is 5.48. The number of nitrogens with one attached hydrogen (secondary N) is 1. The van der Waals surface area contributed by atoms with Gasteiger partial charge in [-0.2, -0.15) is 0 Å². The van der Waals surface area contributed by atoms with E-state index in [1.807, 2.05) is 0 Å². The van der Waals surface area contributed by atoms with Gasteiger partial charge in [0, 0.05) is 36.9 Å². The van der Waals surface area contributed by atoms with Crippen LogP contribution >= 0.6 is 15.9 Å². The van der Waals surface area contributed by atoms with Gasteiger partial charge in [0.15, 0.2) is 0 Å². The van der Waals surface area contributed by atoms with E-state index >= 15 is 0 Å². The van der Waals surface area contributed by atoms with Crippen LogP contribution in [0.4, 0.5) is 5.69 Å². The number of hydrogen-bond donors (Lipinski definition) is 1. The highest BCUT2D eigenvalue weighted by Crippen LogP contribution is 2.28. The third-order valence-electron chi connectivity index (χ3n) is 3.73. The summed E-state index contributed by atoms with van der Waals surface area (Å²) in [7, 11) is 1.81. The molecular formula is C16H25BrN2O. The Morgan fingerprint density at radius 2 is 2.25 bits per heavy atom. The number of methoxy groups -OCH3 is 1. The lowest BCUT2D eigenvalue weighted by Gasteiger charge is -2.23. The number of halogens is 1. The Labute approximate surface area is 130 Å². The lowest BCUT2D eigenvalue weighted by atomic mass is 10.1. The molecule has 1 aromatic rings. The molecule has 1 saturated heterocycles. The Morgan fingerprint density at radius 1 is 1.45 bits per heavy atom. The fourth-order valence-corrected chi connectivity index (χ4v) is 2.96. The van der Waals surface area contributed by atoms with Crippen molar-refractivity contribution in [2.75, 3.05) is 31.6 Å². The van der Waals surface area contributed by atoms with Gasteiger partial charge in [-0.25, -0.2) is 0 Å². The van der Waals surface area contributed by atoms with Gasteiger partial charge in [0.05, 0.1) is 6.10 Å². The average Bonchev–Trinajstić information content (AvgIpc) is 2.88. The van der Waals surface area contributed by atoms with Gasteiger partial charge < -0.3 is 15.0 Å². The molecule has 1 aliphatic heterocycles. The van der Waals surface area contributed by atoms with E-state index in [0.717, 1.165) is 37.1 Å². The molecule has 112 valence electrons. The molecular weight excluding hydrogens is 316 g/mol. The Morgan fingerprint density at radius 3 is 2.90 bits per heavy atom. The standard InChI is InChI=1S/C16H25BrN2O/c1-12(2)9-18-10-13-4-5-14(17)8-16(13)19-7-6-15(11-19)20-3/h4-5,8,12,15,18H,6-7,9-11H2,1-3H3. The summed E-state index contributed by atoms with van der Waals surface area (Å²) in [5.74, 6) is 0.679. The second-order valence-corrected chi connectivity index (χ2v) is 6.81. The highest BCUT2D eigenvalue weighted by atomic mass is 79.9. The lowest BCUT2D eigenvalue weighted by molar-refractivity contribution is 0.121. The number of hydrogen-bond acceptors (Lipinski definition) is 3. The monoisotopic (exact) mass is 340 g/mol. The van der Waals surface area contributed by atoms with Crippen molar-refractivity contribution in [3.05, 3.63) is 28.2 Å². The van der Waals surface area contributed by atoms with Gasteiger partial charge in [-0.1, -0.05) is 35.8 Å². The van der Waals surface area contributed by atoms with Crippen LogP contribution in [0.3, 0.4) is 0 Å². The summed E-state index contributed by atoms with van der Waals surface area (Å²) in [6, 6.07) is 6.57. The Bertz CT molecular complexity index is 436. The quantitative estimate of drug-likeness (QED) is 0.858. The molecule has 0 amide bonds. The van der Waals surface area contributed by atoms with Crippen LogP contribution in [0, 0.1) is 5.92 Å². The zero-order valence-corrected chi connectivity index (χ0v) is 14.2. The van der Waals surface area contributed by atoms with Crippen molar-refractivity contribution in [2.24, 2.45) is 5.92 Å². The minimum Gasteiger partial charge on any atom is -0.380 e. The molecule has 1 heterocycles. The third kappa shape index (κ3) is 4.21. The second-order valence-electron chi connectivity index (χ2n) is 5.89. The molecule has 1 atom stereocenters. The van der Waals surface area contributed by atoms with Gasteiger partial charge >= 0.3 is 0 Å². The highest BCUT2D eigenvalue weighted by Gasteiger charge is 2.23. The van der Waals surface area contributed by atoms with E-state index in [4.69, 9.17) is 4.74 Å². The second kappa shape index (κ2) is 7.43. The number of benzene rings is 1. The van der Waals surface area contributed by atoms with Crippen LogP contribution in [-0.2, 0) is 11.3 Å². The largest absolute Gasteiger partial charge is 0.380 e. The highest BCUT2D eigenvalue weighted by molar-refractivity contribution is 9.10. The van der Waals surface area contributed by atoms with Crippen molar-refractivity contribution in [1.82, 2.24) is 5.32 Å². The molecule has 0 radical (unpaired) electrons. The molecule has 1 aliphatic rings. The summed E-state index contributed by atoms with van der Waals surface area (Å²) in [6.07, 6.45) is 1.48. The van der Waals surface area contributed by atoms with E-state index in [1.54, 1.807) is 7.11 Å². The third-order valence-corrected chi connectivity index (χ3v) is 4.23. The van der Waals surface area contributed by atoms with Gasteiger partial charge in [-0.15, -0.1) is 0 Å². The fraction of sp³-hybridized carbons (Fsp3) is 0.625. The topological polar surface area (TPSA) is 24.5 Å². The predicted octanol–water partition coefficient (Wildman–Crippen LogP) is 3.42. The van der Waals surface area contributed by atoms with Crippen molar-refractivity contribution in [3.8, 4) is 0 Å². The van der Waals surface area contributed by atoms with Gasteiger partial charge in [-0.3, -0.25) is 0 Å². The summed E-state index contributed by atoms with van der Waals surface area (Å²) in [6.45, 7) is 8.51. The molecule has 0 aliphatic carbocycles. The van der Waals surface area contributed by atoms with E-state index in [9.17, 15) is 0 Å². The van der Waals surface area contributed by atoms with E-state index in [-0.39, 0.29) is 0 Å². The van der Waals surface area contributed by atoms with Crippen LogP contribution in [0.5, 0.6) is 0 Å². The fourth-order valence-electron chi connectivity index (χ4n) is 2.62. The summed E-state index contributed by atoms with van der Waals surface area (Å²) < 4.78 is 6.62. The SMILES string of the molecule is COC1CCN(c2cc(Br)ccc2CNCC(C)C)C1. The number of nitrogens with zero attached hydrogens (tertiary/aromatic N) is 1. The smallest absolute Gasteiger partial charge is 0.0762 e. The molecule has 0 spiro atoms. The van der Waals surface area contributed by atoms with Crippen molar-refractivity contribution in [3.63, 3.8) is 0 Å². The maximum atomic E-state index is 5.48. The first-order valence-corrected chi connectivity index (χ1v) is 8.16. The molecule has 0 saturated carbocycles. The molecule has 1 aromatic carbocycles. The number of anilines is 1. The van der Waals surface area contributed by atoms with Gasteiger partial charge in [-0.05, 0) is 36.6 Å². The molecule has 4 heteroatoms. The van der Waals surface area contributed by atoms with E-state index in [1.165, 1.54) is 11.3 Å². The van der Waals surface area contributed by atoms with Crippen LogP contribution in [0.2, 0.25) is 0 Å². The number of ether oxygens (including phenoxy) is 1. The van der Waals surface area contributed by atoms with Crippen molar-refractivity contribution >= 4 is 21.6 Å². The molecule has 3 nitrogen and oxygen atoms in total. The van der Waals surface area contributed by atoms with E-state index in [2.05, 4.69) is 58.2 Å². The first kappa shape index (κ1) is 15.8. The Balaban J connectivity index is 2.08. The molecule has 1 unspecified atom stereocenters. The van der Waals surface area contributed by atoms with Gasteiger partial charge in [0.1, 0.15) is 0 Å². The van der Waals surface area contributed by atoms with Crippen LogP contribution in [0.1, 0.15) is 25.8 Å². The van der Waals surface area contributed by atoms with E-state index < -0.39 is 0 Å². The summed E-state index contributed by atoms with van der Waals surface area (Å²) in [5, 5.41) is 3.54. The van der Waals surface area contributed by atoms with Crippen molar-refractivity contribution in [1.29, 1.82) is 0 Å². The molecule has 1 fully saturated rings. The molecule has 1 N–H and O–H groups in total. The summed E-state index contributed by atoms with van der Waals surface area (Å²) in [5.41, 5.74) is 2.70. The average molecular weight is 341 g/mol. The first-order valence-electron chi connectivity index (χ1n) is 7.37. The maximum Gasteiger partial charge on any atom is 0.0762 e. The van der Waals surface area contributed by atoms with Gasteiger partial charge in [0.2, 0.25) is 0 Å². The minimum absolute atomic E-state index is 0.366. The van der Waals surface area contributed by atoms with Gasteiger partial charge in [0.25, 0.3) is 0 Å². The first-order chi connectivity index (χ1) is 9.60. The predicted molar refractivity (Wildman–Crippen MR) is 88.3 cm³/mol. The zero-order chi connectivity index (χ0) is 14.5. The van der Waals surface area contributed by atoms with Crippen LogP contribution in [-0.4, -0.2) is 32.8 Å². The normalized spacial score (nSPS) is 19.1. The summed E-state index contributed by atoms with van der Waals surface area (Å²) in [4.78, 5) is 2.44. The Kier molecular flexibility index (Phi) is 5.87. The molecule has 0 bridgehead atoms. The summed E-state index contributed by atoms with van der Waals surface area (Å²) >= 11 is 3.59. The molecule has 20 heavy (non-hydrogen) atoms. The molecule has 0 aromatic heterocycles. The minimum atomic E-state index is 0.366. The lowest BCUT2D eigenvalue weighted by Crippen LogP contribution is -2.25. The van der Waals surface area contributed by atoms with Crippen LogP contribution in [0.15, 0.2) is 22.7 Å². The van der Waals surface area contributed by atoms with Crippen molar-refractivity contribution < 1.29 is 4.74 Å². The van der Waals surface area contributed by atoms with Crippen LogP contribution < -0.4 is 10.2 Å². The number of rotatable bonds is 6. The van der Waals surface area contributed by atoms with Crippen molar-refractivity contribution in [2.45, 2.75) is 32.9 Å². The Hall–Kier alpha value is -0.580. The van der Waals surface area contributed by atoms with E-state index in [0.29, 0.717) is 12.0 Å².